The summed E-state index contributed by atoms with van der Waals surface area (Å²) >= 11 is 5.18. The van der Waals surface area contributed by atoms with Crippen LogP contribution in [0, 0.1) is 6.92 Å². The number of carbonyl (C=O) groups is 2. The van der Waals surface area contributed by atoms with Gasteiger partial charge in [-0.25, -0.2) is 0 Å². The maximum absolute atomic E-state index is 12.8. The number of thiocarbonyl (C=S) groups is 1. The number of anilines is 1. The molecule has 1 fully saturated rings. The highest BCUT2D eigenvalue weighted by Crippen LogP contribution is 2.23. The molecule has 3 rings (SSSR count). The predicted octanol–water partition coefficient (Wildman–Crippen LogP) is 2.83. The predicted molar refractivity (Wildman–Crippen MR) is 100 cm³/mol. The summed E-state index contributed by atoms with van der Waals surface area (Å²) in [6, 6.07) is 14.4. The minimum atomic E-state index is -0.505. The molecule has 0 bridgehead atoms. The van der Waals surface area contributed by atoms with Crippen molar-refractivity contribution in [2.24, 2.45) is 0 Å². The zero-order chi connectivity index (χ0) is 18.0. The van der Waals surface area contributed by atoms with Crippen molar-refractivity contribution in [3.63, 3.8) is 0 Å². The Hall–Kier alpha value is -2.99. The second-order valence-electron chi connectivity index (χ2n) is 5.57. The van der Waals surface area contributed by atoms with Crippen molar-refractivity contribution in [1.29, 1.82) is 0 Å². The van der Waals surface area contributed by atoms with Crippen molar-refractivity contribution < 1.29 is 14.3 Å². The normalized spacial score (nSPS) is 16.2. The topological polar surface area (TPSA) is 58.6 Å². The van der Waals surface area contributed by atoms with Gasteiger partial charge in [0.05, 0.1) is 12.8 Å². The van der Waals surface area contributed by atoms with E-state index in [1.807, 2.05) is 19.1 Å². The lowest BCUT2D eigenvalue weighted by Gasteiger charge is -2.29. The molecule has 0 unspecified atom stereocenters. The molecular weight excluding hydrogens is 336 g/mol. The monoisotopic (exact) mass is 352 g/mol. The average molecular weight is 352 g/mol. The summed E-state index contributed by atoms with van der Waals surface area (Å²) in [5.41, 5.74) is 2.42. The first-order valence-corrected chi connectivity index (χ1v) is 8.02. The van der Waals surface area contributed by atoms with Gasteiger partial charge >= 0.3 is 0 Å². The van der Waals surface area contributed by atoms with Crippen LogP contribution < -0.4 is 15.0 Å². The zero-order valence-electron chi connectivity index (χ0n) is 13.8. The van der Waals surface area contributed by atoms with Gasteiger partial charge in [0.15, 0.2) is 5.11 Å². The van der Waals surface area contributed by atoms with E-state index in [1.54, 1.807) is 49.6 Å². The number of hydrogen-bond donors (Lipinski definition) is 1. The van der Waals surface area contributed by atoms with Gasteiger partial charge in [-0.3, -0.25) is 19.8 Å². The van der Waals surface area contributed by atoms with Crippen molar-refractivity contribution in [2.45, 2.75) is 6.92 Å². The molecule has 0 atom stereocenters. The summed E-state index contributed by atoms with van der Waals surface area (Å²) in [6.07, 6.45) is 1.54. The zero-order valence-corrected chi connectivity index (χ0v) is 14.6. The Labute approximate surface area is 150 Å². The number of carbonyl (C=O) groups excluding carboxylic acids is 2. The lowest BCUT2D eigenvalue weighted by molar-refractivity contribution is -0.122. The largest absolute Gasteiger partial charge is 0.497 e. The first-order valence-electron chi connectivity index (χ1n) is 7.62. The quantitative estimate of drug-likeness (QED) is 0.524. The molecule has 1 aliphatic rings. The third-order valence-electron chi connectivity index (χ3n) is 3.82. The lowest BCUT2D eigenvalue weighted by Crippen LogP contribution is -2.54. The van der Waals surface area contributed by atoms with Gasteiger partial charge in [-0.2, -0.15) is 0 Å². The molecular formula is C19H16N2O3S. The third kappa shape index (κ3) is 3.44. The molecule has 1 saturated heterocycles. The fourth-order valence-electron chi connectivity index (χ4n) is 2.45. The summed E-state index contributed by atoms with van der Waals surface area (Å²) in [5, 5.41) is 2.65. The first kappa shape index (κ1) is 16.9. The van der Waals surface area contributed by atoms with E-state index in [-0.39, 0.29) is 10.7 Å². The lowest BCUT2D eigenvalue weighted by atomic mass is 10.1. The minimum absolute atomic E-state index is 0.0272. The van der Waals surface area contributed by atoms with E-state index in [2.05, 4.69) is 5.32 Å². The van der Waals surface area contributed by atoms with E-state index >= 15 is 0 Å². The molecule has 2 amide bonds. The number of ether oxygens (including phenoxy) is 1. The summed E-state index contributed by atoms with van der Waals surface area (Å²) in [4.78, 5) is 26.4. The maximum atomic E-state index is 12.8. The molecule has 0 saturated carbocycles. The Morgan fingerprint density at radius 2 is 1.68 bits per heavy atom. The van der Waals surface area contributed by atoms with Gasteiger partial charge in [0.25, 0.3) is 11.8 Å². The number of amides is 2. The van der Waals surface area contributed by atoms with Gasteiger partial charge in [-0.15, -0.1) is 0 Å². The Morgan fingerprint density at radius 3 is 2.28 bits per heavy atom. The molecule has 126 valence electrons. The van der Waals surface area contributed by atoms with Crippen molar-refractivity contribution >= 4 is 40.9 Å². The fraction of sp³-hybridized carbons (Fsp3) is 0.105. The van der Waals surface area contributed by atoms with Crippen molar-refractivity contribution in [3.05, 3.63) is 65.2 Å². The molecule has 1 N–H and O–H groups in total. The van der Waals surface area contributed by atoms with E-state index in [0.717, 1.165) is 11.1 Å². The molecule has 0 radical (unpaired) electrons. The van der Waals surface area contributed by atoms with Crippen LogP contribution in [0.25, 0.3) is 6.08 Å². The first-order chi connectivity index (χ1) is 12.0. The Kier molecular flexibility index (Phi) is 4.63. The highest BCUT2D eigenvalue weighted by molar-refractivity contribution is 7.80. The third-order valence-corrected chi connectivity index (χ3v) is 4.11. The summed E-state index contributed by atoms with van der Waals surface area (Å²) in [6.45, 7) is 1.96. The number of rotatable bonds is 3. The number of nitrogens with one attached hydrogen (secondary N) is 1. The van der Waals surface area contributed by atoms with Crippen molar-refractivity contribution in [2.75, 3.05) is 12.0 Å². The number of nitrogens with zero attached hydrogens (tertiary/aromatic N) is 1. The molecule has 25 heavy (non-hydrogen) atoms. The summed E-state index contributed by atoms with van der Waals surface area (Å²) in [5.74, 6) is -0.258. The van der Waals surface area contributed by atoms with Gasteiger partial charge < -0.3 is 4.74 Å². The molecule has 2 aromatic rings. The number of aryl methyl sites for hydroxylation is 1. The van der Waals surface area contributed by atoms with E-state index in [1.165, 1.54) is 4.90 Å². The molecule has 2 aromatic carbocycles. The molecule has 1 heterocycles. The van der Waals surface area contributed by atoms with Crippen LogP contribution in [0.2, 0.25) is 0 Å². The van der Waals surface area contributed by atoms with E-state index < -0.39 is 11.8 Å². The van der Waals surface area contributed by atoms with Crippen LogP contribution >= 0.6 is 12.2 Å². The Morgan fingerprint density at radius 1 is 1.04 bits per heavy atom. The van der Waals surface area contributed by atoms with Gasteiger partial charge in [-0.05, 0) is 55.0 Å². The molecule has 0 spiro atoms. The van der Waals surface area contributed by atoms with Crippen LogP contribution in [-0.4, -0.2) is 24.0 Å². The molecule has 6 heteroatoms. The van der Waals surface area contributed by atoms with E-state index in [9.17, 15) is 9.59 Å². The second kappa shape index (κ2) is 6.86. The van der Waals surface area contributed by atoms with Gasteiger partial charge in [0.1, 0.15) is 11.3 Å². The smallest absolute Gasteiger partial charge is 0.270 e. The van der Waals surface area contributed by atoms with E-state index in [0.29, 0.717) is 11.4 Å². The van der Waals surface area contributed by atoms with Crippen molar-refractivity contribution in [1.82, 2.24) is 5.32 Å². The van der Waals surface area contributed by atoms with E-state index in [4.69, 9.17) is 17.0 Å². The molecule has 5 nitrogen and oxygen atoms in total. The van der Waals surface area contributed by atoms with Crippen LogP contribution in [-0.2, 0) is 9.59 Å². The molecule has 0 aromatic heterocycles. The second-order valence-corrected chi connectivity index (χ2v) is 5.95. The summed E-state index contributed by atoms with van der Waals surface area (Å²) < 4.78 is 5.11. The highest BCUT2D eigenvalue weighted by atomic mass is 32.1. The van der Waals surface area contributed by atoms with Gasteiger partial charge in [-0.1, -0.05) is 29.8 Å². The highest BCUT2D eigenvalue weighted by Gasteiger charge is 2.34. The number of benzene rings is 2. The molecule has 1 aliphatic heterocycles. The van der Waals surface area contributed by atoms with Gasteiger partial charge in [0, 0.05) is 0 Å². The van der Waals surface area contributed by atoms with Crippen molar-refractivity contribution in [3.8, 4) is 5.75 Å². The van der Waals surface area contributed by atoms with Crippen LogP contribution in [0.4, 0.5) is 5.69 Å². The molecule has 0 aliphatic carbocycles. The SMILES string of the molecule is COc1ccc(/C=C2\C(=O)NC(=S)N(c3ccc(C)cc3)C2=O)cc1. The summed E-state index contributed by atoms with van der Waals surface area (Å²) in [7, 11) is 1.58. The Bertz CT molecular complexity index is 871. The number of hydrogen-bond acceptors (Lipinski definition) is 4. The van der Waals surface area contributed by atoms with Crippen LogP contribution in [0.5, 0.6) is 5.75 Å². The van der Waals surface area contributed by atoms with Crippen LogP contribution in [0.3, 0.4) is 0 Å². The Balaban J connectivity index is 1.97. The minimum Gasteiger partial charge on any atom is -0.497 e. The van der Waals surface area contributed by atoms with Crippen LogP contribution in [0.15, 0.2) is 54.1 Å². The fourth-order valence-corrected chi connectivity index (χ4v) is 2.73. The maximum Gasteiger partial charge on any atom is 0.270 e. The average Bonchev–Trinajstić information content (AvgIpc) is 2.60. The van der Waals surface area contributed by atoms with Crippen LogP contribution in [0.1, 0.15) is 11.1 Å². The van der Waals surface area contributed by atoms with Gasteiger partial charge in [0.2, 0.25) is 0 Å². The number of methoxy groups -OCH3 is 1. The standard InChI is InChI=1S/C19H16N2O3S/c1-12-3-7-14(8-4-12)21-18(23)16(17(22)20-19(21)25)11-13-5-9-15(24-2)10-6-13/h3-11H,1-2H3,(H,20,22,25)/b16-11+.